The van der Waals surface area contributed by atoms with Crippen LogP contribution in [0.3, 0.4) is 0 Å². The van der Waals surface area contributed by atoms with Gasteiger partial charge < -0.3 is 10.6 Å². The van der Waals surface area contributed by atoms with E-state index in [0.29, 0.717) is 5.92 Å². The molecule has 2 aliphatic rings. The van der Waals surface area contributed by atoms with Gasteiger partial charge in [-0.1, -0.05) is 19.9 Å². The quantitative estimate of drug-likeness (QED) is 0.744. The zero-order chi connectivity index (χ0) is 13.9. The molecule has 0 spiro atoms. The molecule has 1 aromatic carbocycles. The Labute approximate surface area is 123 Å². The van der Waals surface area contributed by atoms with Crippen molar-refractivity contribution in [1.82, 2.24) is 5.32 Å². The van der Waals surface area contributed by atoms with Crippen molar-refractivity contribution in [3.63, 3.8) is 0 Å². The van der Waals surface area contributed by atoms with E-state index in [1.807, 2.05) is 0 Å². The molecule has 106 valence electrons. The van der Waals surface area contributed by atoms with E-state index in [0.717, 1.165) is 24.7 Å². The summed E-state index contributed by atoms with van der Waals surface area (Å²) in [4.78, 5) is 5.74. The van der Waals surface area contributed by atoms with Gasteiger partial charge >= 0.3 is 0 Å². The molecule has 4 heteroatoms. The second-order valence-electron chi connectivity index (χ2n) is 5.34. The minimum Gasteiger partial charge on any atom is -0.354 e. The number of anilines is 1. The SMILES string of the molecule is CC(C)C1=C[SH](c2ccc(NC3=NCCN3)cc2)C=C1. The Balaban J connectivity index is 1.69. The van der Waals surface area contributed by atoms with Crippen molar-refractivity contribution in [3.05, 3.63) is 46.7 Å². The van der Waals surface area contributed by atoms with Crippen LogP contribution in [0.2, 0.25) is 0 Å². The van der Waals surface area contributed by atoms with Crippen LogP contribution in [-0.4, -0.2) is 19.0 Å². The number of aliphatic imine (C=N–C) groups is 1. The maximum atomic E-state index is 4.34. The minimum absolute atomic E-state index is 0.256. The second-order valence-corrected chi connectivity index (χ2v) is 7.22. The lowest BCUT2D eigenvalue weighted by Crippen LogP contribution is -2.26. The standard InChI is InChI=1S/C16H21N3S/c1-12(2)13-7-10-20(11-13)15-5-3-14(4-6-15)19-16-17-8-9-18-16/h3-7,10-12,20H,8-9H2,1-2H3,(H2,17,18,19). The van der Waals surface area contributed by atoms with Crippen molar-refractivity contribution in [2.24, 2.45) is 10.9 Å². The molecule has 0 fully saturated rings. The fourth-order valence-electron chi connectivity index (χ4n) is 2.25. The van der Waals surface area contributed by atoms with Crippen LogP contribution >= 0.6 is 10.9 Å². The number of nitrogens with one attached hydrogen (secondary N) is 2. The summed E-state index contributed by atoms with van der Waals surface area (Å²) < 4.78 is 0. The van der Waals surface area contributed by atoms with Crippen molar-refractivity contribution in [2.45, 2.75) is 18.7 Å². The van der Waals surface area contributed by atoms with E-state index in [1.165, 1.54) is 10.5 Å². The van der Waals surface area contributed by atoms with Gasteiger partial charge in [0.1, 0.15) is 0 Å². The van der Waals surface area contributed by atoms with E-state index < -0.39 is 0 Å². The minimum atomic E-state index is -0.256. The normalized spacial score (nSPS) is 22.6. The molecule has 20 heavy (non-hydrogen) atoms. The van der Waals surface area contributed by atoms with Crippen molar-refractivity contribution >= 4 is 22.5 Å². The summed E-state index contributed by atoms with van der Waals surface area (Å²) in [6.45, 7) is 6.28. The molecule has 3 rings (SSSR count). The highest BCUT2D eigenvalue weighted by atomic mass is 32.2. The lowest BCUT2D eigenvalue weighted by molar-refractivity contribution is 0.795. The first-order valence-electron chi connectivity index (χ1n) is 7.06. The Hall–Kier alpha value is -1.68. The van der Waals surface area contributed by atoms with Gasteiger partial charge in [0.25, 0.3) is 0 Å². The summed E-state index contributed by atoms with van der Waals surface area (Å²) in [5.74, 6) is 1.50. The third kappa shape index (κ3) is 2.90. The summed E-state index contributed by atoms with van der Waals surface area (Å²) in [6, 6.07) is 8.70. The lowest BCUT2D eigenvalue weighted by Gasteiger charge is -2.12. The second kappa shape index (κ2) is 5.75. The van der Waals surface area contributed by atoms with Crippen molar-refractivity contribution in [1.29, 1.82) is 0 Å². The molecule has 0 aromatic heterocycles. The maximum Gasteiger partial charge on any atom is 0.195 e. The van der Waals surface area contributed by atoms with Gasteiger partial charge in [-0.2, -0.15) is 10.9 Å². The van der Waals surface area contributed by atoms with Gasteiger partial charge in [0.15, 0.2) is 5.96 Å². The smallest absolute Gasteiger partial charge is 0.195 e. The highest BCUT2D eigenvalue weighted by molar-refractivity contribution is 8.22. The van der Waals surface area contributed by atoms with Gasteiger partial charge in [-0.15, -0.1) is 0 Å². The summed E-state index contributed by atoms with van der Waals surface area (Å²) in [5.41, 5.74) is 2.55. The molecule has 0 saturated carbocycles. The zero-order valence-corrected chi connectivity index (χ0v) is 12.8. The third-order valence-corrected chi connectivity index (χ3v) is 5.43. The number of hydrogen-bond acceptors (Lipinski definition) is 3. The monoisotopic (exact) mass is 287 g/mol. The van der Waals surface area contributed by atoms with Crippen LogP contribution in [-0.2, 0) is 0 Å². The highest BCUT2D eigenvalue weighted by Gasteiger charge is 2.11. The number of nitrogens with zero attached hydrogens (tertiary/aromatic N) is 1. The van der Waals surface area contributed by atoms with E-state index in [4.69, 9.17) is 0 Å². The maximum absolute atomic E-state index is 4.34. The van der Waals surface area contributed by atoms with Crippen LogP contribution < -0.4 is 10.6 Å². The summed E-state index contributed by atoms with van der Waals surface area (Å²) >= 11 is 0. The topological polar surface area (TPSA) is 36.4 Å². The summed E-state index contributed by atoms with van der Waals surface area (Å²) in [7, 11) is -0.256. The molecule has 1 aromatic rings. The number of hydrogen-bond donors (Lipinski definition) is 3. The molecule has 2 N–H and O–H groups in total. The zero-order valence-electron chi connectivity index (χ0n) is 11.9. The Kier molecular flexibility index (Phi) is 3.83. The summed E-state index contributed by atoms with van der Waals surface area (Å²) in [6.07, 6.45) is 2.28. The molecule has 1 unspecified atom stereocenters. The first-order chi connectivity index (χ1) is 9.72. The van der Waals surface area contributed by atoms with Crippen LogP contribution in [0.1, 0.15) is 13.8 Å². The van der Waals surface area contributed by atoms with E-state index in [9.17, 15) is 0 Å². The first kappa shape index (κ1) is 13.3. The van der Waals surface area contributed by atoms with Crippen LogP contribution in [0.15, 0.2) is 56.6 Å². The molecular weight excluding hydrogens is 266 g/mol. The van der Waals surface area contributed by atoms with E-state index in [-0.39, 0.29) is 10.9 Å². The number of benzene rings is 1. The average molecular weight is 287 g/mol. The van der Waals surface area contributed by atoms with Crippen LogP contribution in [0.4, 0.5) is 5.69 Å². The highest BCUT2D eigenvalue weighted by Crippen LogP contribution is 2.45. The van der Waals surface area contributed by atoms with Gasteiger partial charge in [-0.05, 0) is 51.5 Å². The largest absolute Gasteiger partial charge is 0.354 e. The van der Waals surface area contributed by atoms with Gasteiger partial charge in [0.05, 0.1) is 6.54 Å². The fourth-order valence-corrected chi connectivity index (χ4v) is 4.19. The van der Waals surface area contributed by atoms with Crippen LogP contribution in [0.25, 0.3) is 0 Å². The van der Waals surface area contributed by atoms with Crippen molar-refractivity contribution in [2.75, 3.05) is 18.4 Å². The number of rotatable bonds is 3. The Morgan fingerprint density at radius 1 is 1.25 bits per heavy atom. The van der Waals surface area contributed by atoms with E-state index >= 15 is 0 Å². The molecule has 0 aliphatic carbocycles. The molecule has 0 radical (unpaired) electrons. The Bertz CT molecular complexity index is 570. The molecule has 0 saturated heterocycles. The lowest BCUT2D eigenvalue weighted by atomic mass is 10.1. The van der Waals surface area contributed by atoms with Crippen LogP contribution in [0, 0.1) is 5.92 Å². The fraction of sp³-hybridized carbons (Fsp3) is 0.312. The van der Waals surface area contributed by atoms with Gasteiger partial charge in [-0.3, -0.25) is 4.99 Å². The molecule has 0 bridgehead atoms. The van der Waals surface area contributed by atoms with E-state index in [1.54, 1.807) is 0 Å². The average Bonchev–Trinajstić information content (AvgIpc) is 3.10. The first-order valence-corrected chi connectivity index (χ1v) is 8.54. The predicted octanol–water partition coefficient (Wildman–Crippen LogP) is 3.49. The Morgan fingerprint density at radius 2 is 2.05 bits per heavy atom. The number of allylic oxidation sites excluding steroid dienone is 2. The number of thiol groups is 1. The third-order valence-electron chi connectivity index (χ3n) is 3.48. The molecule has 2 aliphatic heterocycles. The van der Waals surface area contributed by atoms with Crippen molar-refractivity contribution < 1.29 is 0 Å². The molecule has 1 atom stereocenters. The van der Waals surface area contributed by atoms with Crippen molar-refractivity contribution in [3.8, 4) is 0 Å². The van der Waals surface area contributed by atoms with Gasteiger partial charge in [0.2, 0.25) is 0 Å². The van der Waals surface area contributed by atoms with E-state index in [2.05, 4.69) is 70.6 Å². The molecule has 0 amide bonds. The molecule has 2 heterocycles. The number of guanidine groups is 1. The van der Waals surface area contributed by atoms with Gasteiger partial charge in [0, 0.05) is 12.2 Å². The predicted molar refractivity (Wildman–Crippen MR) is 89.7 cm³/mol. The molecule has 3 nitrogen and oxygen atoms in total. The van der Waals surface area contributed by atoms with Crippen LogP contribution in [0.5, 0.6) is 0 Å². The van der Waals surface area contributed by atoms with Gasteiger partial charge in [-0.25, -0.2) is 0 Å². The summed E-state index contributed by atoms with van der Waals surface area (Å²) in [5, 5.41) is 11.3. The molecular formula is C16H21N3S. The Morgan fingerprint density at radius 3 is 2.65 bits per heavy atom.